The molecule has 1 N–H and O–H groups in total. The Morgan fingerprint density at radius 3 is 2.85 bits per heavy atom. The van der Waals surface area contributed by atoms with Crippen molar-refractivity contribution in [1.82, 2.24) is 10.2 Å². The average molecular weight is 358 g/mol. The van der Waals surface area contributed by atoms with Crippen LogP contribution in [-0.4, -0.2) is 49.1 Å². The standard InChI is InChI=1S/C21H30N2O3/c1-3-26-15-19(24)23-12-6-9-18(23)14-22-20(25)21(2)11-10-16-7-4-5-8-17(16)13-21/h4-5,7-8,18H,3,6,9-15H2,1-2H3,(H,22,25)/t18-,21?/m0/s1. The van der Waals surface area contributed by atoms with Crippen LogP contribution in [0, 0.1) is 5.41 Å². The van der Waals surface area contributed by atoms with Gasteiger partial charge in [-0.25, -0.2) is 0 Å². The second kappa shape index (κ2) is 8.21. The van der Waals surface area contributed by atoms with Crippen LogP contribution in [0.3, 0.4) is 0 Å². The number of benzene rings is 1. The number of hydrogen-bond acceptors (Lipinski definition) is 3. The number of ether oxygens (including phenoxy) is 1. The summed E-state index contributed by atoms with van der Waals surface area (Å²) in [6, 6.07) is 8.49. The van der Waals surface area contributed by atoms with Crippen LogP contribution in [0.25, 0.3) is 0 Å². The molecule has 1 aliphatic carbocycles. The lowest BCUT2D eigenvalue weighted by atomic mass is 9.72. The lowest BCUT2D eigenvalue weighted by Crippen LogP contribution is -2.48. The first-order valence-electron chi connectivity index (χ1n) is 9.76. The van der Waals surface area contributed by atoms with Gasteiger partial charge in [-0.15, -0.1) is 0 Å². The van der Waals surface area contributed by atoms with Crippen LogP contribution >= 0.6 is 0 Å². The van der Waals surface area contributed by atoms with E-state index in [1.165, 1.54) is 11.1 Å². The Kier molecular flexibility index (Phi) is 5.97. The van der Waals surface area contributed by atoms with E-state index in [-0.39, 0.29) is 29.9 Å². The van der Waals surface area contributed by atoms with Crippen molar-refractivity contribution in [2.75, 3.05) is 26.3 Å². The number of nitrogens with one attached hydrogen (secondary N) is 1. The van der Waals surface area contributed by atoms with Gasteiger partial charge in [0.25, 0.3) is 0 Å². The van der Waals surface area contributed by atoms with Crippen LogP contribution < -0.4 is 5.32 Å². The molecule has 5 nitrogen and oxygen atoms in total. The molecule has 1 aliphatic heterocycles. The van der Waals surface area contributed by atoms with E-state index < -0.39 is 0 Å². The molecule has 3 rings (SSSR count). The van der Waals surface area contributed by atoms with E-state index >= 15 is 0 Å². The third kappa shape index (κ3) is 4.09. The molecule has 142 valence electrons. The van der Waals surface area contributed by atoms with E-state index in [9.17, 15) is 9.59 Å². The number of rotatable bonds is 6. The SMILES string of the molecule is CCOCC(=O)N1CCC[C@H]1CNC(=O)C1(C)CCc2ccccc2C1. The van der Waals surface area contributed by atoms with E-state index in [1.54, 1.807) is 0 Å². The highest BCUT2D eigenvalue weighted by Crippen LogP contribution is 2.35. The van der Waals surface area contributed by atoms with Crippen LogP contribution in [0.4, 0.5) is 0 Å². The molecule has 1 heterocycles. The summed E-state index contributed by atoms with van der Waals surface area (Å²) < 4.78 is 5.25. The Morgan fingerprint density at radius 2 is 2.08 bits per heavy atom. The Labute approximate surface area is 156 Å². The molecule has 26 heavy (non-hydrogen) atoms. The Bertz CT molecular complexity index is 660. The second-order valence-electron chi connectivity index (χ2n) is 7.74. The van der Waals surface area contributed by atoms with Crippen LogP contribution in [0.15, 0.2) is 24.3 Å². The van der Waals surface area contributed by atoms with Gasteiger partial charge in [-0.2, -0.15) is 0 Å². The molecular formula is C21H30N2O3. The summed E-state index contributed by atoms with van der Waals surface area (Å²) in [5.41, 5.74) is 2.28. The van der Waals surface area contributed by atoms with Crippen molar-refractivity contribution in [1.29, 1.82) is 0 Å². The maximum absolute atomic E-state index is 12.9. The normalized spacial score (nSPS) is 25.0. The molecule has 2 aliphatic rings. The van der Waals surface area contributed by atoms with Crippen molar-refractivity contribution in [2.45, 2.75) is 52.0 Å². The first kappa shape index (κ1) is 18.9. The van der Waals surface area contributed by atoms with Gasteiger partial charge in [0.1, 0.15) is 6.61 Å². The number of nitrogens with zero attached hydrogens (tertiary/aromatic N) is 1. The number of likely N-dealkylation sites (tertiary alicyclic amines) is 1. The zero-order valence-electron chi connectivity index (χ0n) is 15.9. The summed E-state index contributed by atoms with van der Waals surface area (Å²) in [6.45, 7) is 5.92. The minimum Gasteiger partial charge on any atom is -0.372 e. The van der Waals surface area contributed by atoms with Crippen LogP contribution in [0.5, 0.6) is 0 Å². The first-order chi connectivity index (χ1) is 12.5. The highest BCUT2D eigenvalue weighted by molar-refractivity contribution is 5.83. The van der Waals surface area contributed by atoms with Crippen molar-refractivity contribution in [3.8, 4) is 0 Å². The molecule has 0 bridgehead atoms. The summed E-state index contributed by atoms with van der Waals surface area (Å²) in [4.78, 5) is 27.0. The van der Waals surface area contributed by atoms with Crippen molar-refractivity contribution < 1.29 is 14.3 Å². The predicted octanol–water partition coefficient (Wildman–Crippen LogP) is 2.33. The van der Waals surface area contributed by atoms with Gasteiger partial charge in [0.2, 0.25) is 11.8 Å². The van der Waals surface area contributed by atoms with Gasteiger partial charge in [0.05, 0.1) is 5.41 Å². The van der Waals surface area contributed by atoms with Crippen molar-refractivity contribution in [2.24, 2.45) is 5.41 Å². The number of amides is 2. The highest BCUT2D eigenvalue weighted by atomic mass is 16.5. The van der Waals surface area contributed by atoms with Crippen molar-refractivity contribution >= 4 is 11.8 Å². The average Bonchev–Trinajstić information content (AvgIpc) is 3.12. The Balaban J connectivity index is 1.56. The summed E-state index contributed by atoms with van der Waals surface area (Å²) in [5.74, 6) is 0.137. The molecule has 2 amide bonds. The van der Waals surface area contributed by atoms with Gasteiger partial charge in [-0.1, -0.05) is 31.2 Å². The number of hydrogen-bond donors (Lipinski definition) is 1. The summed E-state index contributed by atoms with van der Waals surface area (Å²) in [5, 5.41) is 3.13. The fourth-order valence-electron chi connectivity index (χ4n) is 4.16. The largest absolute Gasteiger partial charge is 0.372 e. The predicted molar refractivity (Wildman–Crippen MR) is 101 cm³/mol. The third-order valence-electron chi connectivity index (χ3n) is 5.82. The van der Waals surface area contributed by atoms with Crippen LogP contribution in [-0.2, 0) is 27.2 Å². The number of fused-ring (bicyclic) bond motifs is 1. The molecule has 0 radical (unpaired) electrons. The number of aryl methyl sites for hydroxylation is 1. The van der Waals surface area contributed by atoms with Gasteiger partial charge in [0.15, 0.2) is 0 Å². The third-order valence-corrected chi connectivity index (χ3v) is 5.82. The van der Waals surface area contributed by atoms with Crippen molar-refractivity contribution in [3.63, 3.8) is 0 Å². The molecule has 0 spiro atoms. The molecule has 1 saturated heterocycles. The fraction of sp³-hybridized carbons (Fsp3) is 0.619. The molecular weight excluding hydrogens is 328 g/mol. The van der Waals surface area contributed by atoms with Gasteiger partial charge in [0, 0.05) is 25.7 Å². The van der Waals surface area contributed by atoms with E-state index in [0.29, 0.717) is 13.2 Å². The molecule has 5 heteroatoms. The quantitative estimate of drug-likeness (QED) is 0.849. The number of carbonyl (C=O) groups excluding carboxylic acids is 2. The maximum atomic E-state index is 12.9. The first-order valence-corrected chi connectivity index (χ1v) is 9.76. The fourth-order valence-corrected chi connectivity index (χ4v) is 4.16. The molecule has 1 unspecified atom stereocenters. The van der Waals surface area contributed by atoms with Crippen LogP contribution in [0.1, 0.15) is 44.2 Å². The zero-order chi connectivity index (χ0) is 18.6. The van der Waals surface area contributed by atoms with Gasteiger partial charge in [-0.3, -0.25) is 9.59 Å². The topological polar surface area (TPSA) is 58.6 Å². The van der Waals surface area contributed by atoms with Gasteiger partial charge < -0.3 is 15.0 Å². The number of carbonyl (C=O) groups is 2. The maximum Gasteiger partial charge on any atom is 0.248 e. The molecule has 1 aromatic rings. The van der Waals surface area contributed by atoms with E-state index in [0.717, 1.165) is 38.6 Å². The zero-order valence-corrected chi connectivity index (χ0v) is 15.9. The molecule has 1 aromatic carbocycles. The summed E-state index contributed by atoms with van der Waals surface area (Å²) in [7, 11) is 0. The van der Waals surface area contributed by atoms with Gasteiger partial charge >= 0.3 is 0 Å². The summed E-state index contributed by atoms with van der Waals surface area (Å²) >= 11 is 0. The van der Waals surface area contributed by atoms with Crippen molar-refractivity contribution in [3.05, 3.63) is 35.4 Å². The van der Waals surface area contributed by atoms with Gasteiger partial charge in [-0.05, 0) is 50.2 Å². The molecule has 0 saturated carbocycles. The lowest BCUT2D eigenvalue weighted by Gasteiger charge is -2.34. The minimum absolute atomic E-state index is 0.0291. The van der Waals surface area contributed by atoms with E-state index in [2.05, 4.69) is 30.4 Å². The van der Waals surface area contributed by atoms with Crippen LogP contribution in [0.2, 0.25) is 0 Å². The Morgan fingerprint density at radius 1 is 1.31 bits per heavy atom. The minimum atomic E-state index is -0.368. The molecule has 0 aromatic heterocycles. The smallest absolute Gasteiger partial charge is 0.248 e. The summed E-state index contributed by atoms with van der Waals surface area (Å²) in [6.07, 6.45) is 4.53. The lowest BCUT2D eigenvalue weighted by molar-refractivity contribution is -0.138. The van der Waals surface area contributed by atoms with E-state index in [1.807, 2.05) is 17.9 Å². The Hall–Kier alpha value is -1.88. The monoisotopic (exact) mass is 358 g/mol. The molecule has 2 atom stereocenters. The van der Waals surface area contributed by atoms with E-state index in [4.69, 9.17) is 4.74 Å². The highest BCUT2D eigenvalue weighted by Gasteiger charge is 2.37. The second-order valence-corrected chi connectivity index (χ2v) is 7.74. The molecule has 1 fully saturated rings.